The normalized spacial score (nSPS) is 25.0. The highest BCUT2D eigenvalue weighted by Crippen LogP contribution is 2.48. The van der Waals surface area contributed by atoms with Crippen molar-refractivity contribution >= 4 is 12.0 Å². The van der Waals surface area contributed by atoms with Crippen molar-refractivity contribution in [2.75, 3.05) is 13.2 Å². The van der Waals surface area contributed by atoms with E-state index in [4.69, 9.17) is 0 Å². The lowest BCUT2D eigenvalue weighted by molar-refractivity contribution is -0.127. The number of carbonyl (C=O) groups excluding carboxylic acids is 1. The summed E-state index contributed by atoms with van der Waals surface area (Å²) in [5.74, 6) is -0.757. The van der Waals surface area contributed by atoms with E-state index in [1.807, 2.05) is 54.0 Å². The molecule has 31 heavy (non-hydrogen) atoms. The van der Waals surface area contributed by atoms with Crippen LogP contribution in [0.1, 0.15) is 43.3 Å². The second-order valence-corrected chi connectivity index (χ2v) is 8.29. The van der Waals surface area contributed by atoms with Gasteiger partial charge in [0.05, 0.1) is 24.2 Å². The molecule has 4 heterocycles. The smallest absolute Gasteiger partial charge is 0.258 e. The van der Waals surface area contributed by atoms with E-state index in [-0.39, 0.29) is 36.1 Å². The van der Waals surface area contributed by atoms with Crippen molar-refractivity contribution in [2.24, 2.45) is 11.8 Å². The molecule has 0 saturated carbocycles. The largest absolute Gasteiger partial charge is 0.396 e. The summed E-state index contributed by atoms with van der Waals surface area (Å²) in [6, 6.07) is 9.14. The topological polar surface area (TPSA) is 87.5 Å². The maximum Gasteiger partial charge on any atom is 0.258 e. The molecule has 7 nitrogen and oxygen atoms in total. The molecule has 2 aromatic rings. The number of aliphatic hydroxyl groups excluding tert-OH is 1. The zero-order valence-corrected chi connectivity index (χ0v) is 18.1. The Hall–Kier alpha value is -2.77. The summed E-state index contributed by atoms with van der Waals surface area (Å²) < 4.78 is 1.81. The van der Waals surface area contributed by atoms with Crippen LogP contribution < -0.4 is 10.9 Å². The van der Waals surface area contributed by atoms with E-state index in [1.165, 1.54) is 0 Å². The Morgan fingerprint density at radius 2 is 2.16 bits per heavy atom. The molecule has 1 saturated heterocycles. The number of carbonyl (C=O) groups is 1. The summed E-state index contributed by atoms with van der Waals surface area (Å²) in [5, 5.41) is 13.3. The van der Waals surface area contributed by atoms with Gasteiger partial charge in [0.2, 0.25) is 5.91 Å². The predicted octanol–water partition coefficient (Wildman–Crippen LogP) is 1.97. The number of rotatable bonds is 7. The molecule has 7 heteroatoms. The second-order valence-electron chi connectivity index (χ2n) is 8.29. The third-order valence-corrected chi connectivity index (χ3v) is 6.50. The number of amides is 1. The maximum atomic E-state index is 13.4. The molecule has 0 unspecified atom stereocenters. The number of hydrogen-bond acceptors (Lipinski definition) is 5. The van der Waals surface area contributed by atoms with Crippen molar-refractivity contribution < 1.29 is 9.90 Å². The average Bonchev–Trinajstić information content (AvgIpc) is 3.00. The number of pyridine rings is 2. The summed E-state index contributed by atoms with van der Waals surface area (Å²) in [6.07, 6.45) is 6.31. The van der Waals surface area contributed by atoms with Crippen LogP contribution in [-0.4, -0.2) is 44.7 Å². The van der Waals surface area contributed by atoms with Gasteiger partial charge in [-0.1, -0.05) is 25.1 Å². The number of hydrogen-bond donors (Lipinski definition) is 2. The Morgan fingerprint density at radius 1 is 1.32 bits per heavy atom. The minimum absolute atomic E-state index is 0.0343. The molecule has 4 atom stereocenters. The van der Waals surface area contributed by atoms with Gasteiger partial charge in [-0.15, -0.1) is 0 Å². The van der Waals surface area contributed by atoms with Crippen LogP contribution in [0.15, 0.2) is 47.4 Å². The summed E-state index contributed by atoms with van der Waals surface area (Å²) in [4.78, 5) is 33.1. The first kappa shape index (κ1) is 21.5. The SMILES string of the molecule is C/C=C/c1ccc2n(c1=O)C[C@@H]1[C@@H](CO)[C@H](C(=O)NCc3ccccn3)[C@H]2N1CCC. The molecule has 2 aliphatic rings. The molecule has 164 valence electrons. The molecule has 0 aromatic carbocycles. The monoisotopic (exact) mass is 422 g/mol. The van der Waals surface area contributed by atoms with Crippen molar-refractivity contribution in [3.05, 3.63) is 69.9 Å². The van der Waals surface area contributed by atoms with Gasteiger partial charge in [0.1, 0.15) is 0 Å². The standard InChI is InChI=1S/C24H30N4O3/c1-3-7-16-9-10-19-22-21(23(30)26-13-17-8-5-6-11-25-17)18(15-29)20(27(22)12-4-2)14-28(19)24(16)31/h3,5-11,18,20-22,29H,4,12-15H2,1-2H3,(H,26,30)/b7-3+/t18-,20-,21+,22+/m1/s1. The van der Waals surface area contributed by atoms with Gasteiger partial charge in [0.15, 0.2) is 0 Å². The van der Waals surface area contributed by atoms with Gasteiger partial charge in [-0.3, -0.25) is 19.5 Å². The third-order valence-electron chi connectivity index (χ3n) is 6.50. The summed E-state index contributed by atoms with van der Waals surface area (Å²) >= 11 is 0. The van der Waals surface area contributed by atoms with E-state index in [9.17, 15) is 14.7 Å². The quantitative estimate of drug-likeness (QED) is 0.712. The highest BCUT2D eigenvalue weighted by Gasteiger charge is 2.55. The van der Waals surface area contributed by atoms with Crippen molar-refractivity contribution in [2.45, 2.75) is 45.4 Å². The molecular weight excluding hydrogens is 392 g/mol. The van der Waals surface area contributed by atoms with Crippen LogP contribution in [0.4, 0.5) is 0 Å². The second kappa shape index (κ2) is 9.16. The molecule has 2 bridgehead atoms. The first-order valence-corrected chi connectivity index (χ1v) is 11.0. The fourth-order valence-corrected chi connectivity index (χ4v) is 5.21. The van der Waals surface area contributed by atoms with Crippen LogP contribution in [0.2, 0.25) is 0 Å². The van der Waals surface area contributed by atoms with Gasteiger partial charge >= 0.3 is 0 Å². The van der Waals surface area contributed by atoms with E-state index >= 15 is 0 Å². The number of aliphatic hydroxyl groups is 1. The van der Waals surface area contributed by atoms with E-state index in [0.717, 1.165) is 24.4 Å². The molecule has 4 rings (SSSR count). The maximum absolute atomic E-state index is 13.4. The van der Waals surface area contributed by atoms with Crippen LogP contribution >= 0.6 is 0 Å². The molecular formula is C24H30N4O3. The van der Waals surface area contributed by atoms with Crippen molar-refractivity contribution in [1.29, 1.82) is 0 Å². The first-order valence-electron chi connectivity index (χ1n) is 11.0. The molecule has 0 spiro atoms. The zero-order valence-electron chi connectivity index (χ0n) is 18.1. The Balaban J connectivity index is 1.70. The number of allylic oxidation sites excluding steroid dienone is 1. The Bertz CT molecular complexity index is 1020. The molecule has 1 amide bonds. The molecule has 2 aromatic heterocycles. The Morgan fingerprint density at radius 3 is 2.84 bits per heavy atom. The summed E-state index contributed by atoms with van der Waals surface area (Å²) in [7, 11) is 0. The average molecular weight is 423 g/mol. The van der Waals surface area contributed by atoms with Gasteiger partial charge in [-0.2, -0.15) is 0 Å². The molecule has 2 aliphatic heterocycles. The van der Waals surface area contributed by atoms with Crippen LogP contribution in [0.5, 0.6) is 0 Å². The molecule has 1 fully saturated rings. The van der Waals surface area contributed by atoms with Gasteiger partial charge in [0, 0.05) is 42.6 Å². The van der Waals surface area contributed by atoms with Crippen LogP contribution in [0.25, 0.3) is 6.08 Å². The highest BCUT2D eigenvalue weighted by atomic mass is 16.3. The first-order chi connectivity index (χ1) is 15.1. The van der Waals surface area contributed by atoms with Crippen LogP contribution in [-0.2, 0) is 17.9 Å². The van der Waals surface area contributed by atoms with E-state index in [2.05, 4.69) is 22.1 Å². The van der Waals surface area contributed by atoms with Crippen molar-refractivity contribution in [3.63, 3.8) is 0 Å². The minimum atomic E-state index is -0.425. The molecule has 2 N–H and O–H groups in total. The number of nitrogens with zero attached hydrogens (tertiary/aromatic N) is 3. The predicted molar refractivity (Wildman–Crippen MR) is 119 cm³/mol. The minimum Gasteiger partial charge on any atom is -0.396 e. The lowest BCUT2D eigenvalue weighted by Crippen LogP contribution is -2.47. The number of aromatic nitrogens is 2. The van der Waals surface area contributed by atoms with E-state index in [1.54, 1.807) is 6.20 Å². The fraction of sp³-hybridized carbons (Fsp3) is 0.458. The Kier molecular flexibility index (Phi) is 6.34. The van der Waals surface area contributed by atoms with Gasteiger partial charge in [-0.25, -0.2) is 0 Å². The van der Waals surface area contributed by atoms with Crippen molar-refractivity contribution in [1.82, 2.24) is 19.8 Å². The highest BCUT2D eigenvalue weighted by molar-refractivity contribution is 5.80. The van der Waals surface area contributed by atoms with Crippen molar-refractivity contribution in [3.8, 4) is 0 Å². The molecule has 0 radical (unpaired) electrons. The van der Waals surface area contributed by atoms with E-state index in [0.29, 0.717) is 18.7 Å². The van der Waals surface area contributed by atoms with Gasteiger partial charge < -0.3 is 15.0 Å². The number of fused-ring (bicyclic) bond motifs is 4. The lowest BCUT2D eigenvalue weighted by atomic mass is 9.86. The summed E-state index contributed by atoms with van der Waals surface area (Å²) in [6.45, 7) is 5.56. The third kappa shape index (κ3) is 3.83. The van der Waals surface area contributed by atoms with Gasteiger partial charge in [-0.05, 0) is 44.2 Å². The van der Waals surface area contributed by atoms with Crippen LogP contribution in [0, 0.1) is 11.8 Å². The fourth-order valence-electron chi connectivity index (χ4n) is 5.21. The summed E-state index contributed by atoms with van der Waals surface area (Å²) in [5.41, 5.74) is 2.26. The van der Waals surface area contributed by atoms with Gasteiger partial charge in [0.25, 0.3) is 5.56 Å². The van der Waals surface area contributed by atoms with Crippen LogP contribution in [0.3, 0.4) is 0 Å². The Labute approximate surface area is 182 Å². The van der Waals surface area contributed by atoms with E-state index < -0.39 is 5.92 Å². The molecule has 0 aliphatic carbocycles. The lowest BCUT2D eigenvalue weighted by Gasteiger charge is -2.38. The zero-order chi connectivity index (χ0) is 22.0. The number of nitrogens with one attached hydrogen (secondary N) is 1.